The molecule has 0 radical (unpaired) electrons. The van der Waals surface area contributed by atoms with E-state index in [0.717, 1.165) is 46.9 Å². The summed E-state index contributed by atoms with van der Waals surface area (Å²) in [4.78, 5) is 3.26. The zero-order chi connectivity index (χ0) is 15.8. The third-order valence-electron chi connectivity index (χ3n) is 4.07. The normalized spacial score (nSPS) is 16.0. The molecule has 0 saturated heterocycles. The maximum Gasteiger partial charge on any atom is 0.234 e. The Balaban J connectivity index is 1.49. The van der Waals surface area contributed by atoms with Gasteiger partial charge in [0.1, 0.15) is 5.01 Å². The van der Waals surface area contributed by atoms with Crippen LogP contribution in [-0.2, 0) is 6.54 Å². The summed E-state index contributed by atoms with van der Waals surface area (Å²) in [5, 5.41) is 14.7. The van der Waals surface area contributed by atoms with Gasteiger partial charge in [-0.2, -0.15) is 9.61 Å². The van der Waals surface area contributed by atoms with Crippen LogP contribution < -0.4 is 0 Å². The molecule has 0 fully saturated rings. The molecule has 1 aromatic carbocycles. The summed E-state index contributed by atoms with van der Waals surface area (Å²) in [5.74, 6) is 0.833. The maximum atomic E-state index is 6.25. The molecule has 0 N–H and O–H groups in total. The second-order valence-corrected chi connectivity index (χ2v) is 7.02. The third kappa shape index (κ3) is 2.89. The van der Waals surface area contributed by atoms with Gasteiger partial charge in [0, 0.05) is 24.7 Å². The molecule has 2 aromatic heterocycles. The maximum absolute atomic E-state index is 6.25. The minimum absolute atomic E-state index is 0.833. The van der Waals surface area contributed by atoms with Gasteiger partial charge in [-0.15, -0.1) is 10.2 Å². The Labute approximate surface area is 143 Å². The quantitative estimate of drug-likeness (QED) is 0.729. The SMILES string of the molecule is Cc1nnc2sc(C3=CCN(Cc4ccccc4Cl)CC3)nn12. The highest BCUT2D eigenvalue weighted by Crippen LogP contribution is 2.27. The number of hydrogen-bond acceptors (Lipinski definition) is 5. The van der Waals surface area contributed by atoms with Crippen molar-refractivity contribution in [1.82, 2.24) is 24.7 Å². The van der Waals surface area contributed by atoms with Crippen molar-refractivity contribution in [2.24, 2.45) is 0 Å². The first-order chi connectivity index (χ1) is 11.2. The van der Waals surface area contributed by atoms with Gasteiger partial charge in [0.15, 0.2) is 5.82 Å². The average Bonchev–Trinajstić information content (AvgIpc) is 3.13. The fraction of sp³-hybridized carbons (Fsp3) is 0.312. The molecule has 0 bridgehead atoms. The minimum atomic E-state index is 0.833. The number of hydrogen-bond donors (Lipinski definition) is 0. The van der Waals surface area contributed by atoms with Crippen molar-refractivity contribution in [3.63, 3.8) is 0 Å². The largest absolute Gasteiger partial charge is 0.295 e. The first-order valence-electron chi connectivity index (χ1n) is 7.55. The highest BCUT2D eigenvalue weighted by atomic mass is 35.5. The van der Waals surface area contributed by atoms with E-state index in [2.05, 4.69) is 32.3 Å². The van der Waals surface area contributed by atoms with Gasteiger partial charge in [-0.25, -0.2) is 0 Å². The lowest BCUT2D eigenvalue weighted by molar-refractivity contribution is 0.294. The highest BCUT2D eigenvalue weighted by Gasteiger charge is 2.18. The lowest BCUT2D eigenvalue weighted by Gasteiger charge is -2.25. The van der Waals surface area contributed by atoms with Gasteiger partial charge in [-0.05, 0) is 30.5 Å². The van der Waals surface area contributed by atoms with Crippen LogP contribution in [0, 0.1) is 6.92 Å². The van der Waals surface area contributed by atoms with Crippen LogP contribution in [0.15, 0.2) is 30.3 Å². The summed E-state index contributed by atoms with van der Waals surface area (Å²) < 4.78 is 1.82. The van der Waals surface area contributed by atoms with Gasteiger partial charge in [-0.1, -0.05) is 47.2 Å². The van der Waals surface area contributed by atoms with Crippen LogP contribution in [0.2, 0.25) is 5.02 Å². The highest BCUT2D eigenvalue weighted by molar-refractivity contribution is 7.17. The van der Waals surface area contributed by atoms with Crippen LogP contribution in [0.25, 0.3) is 10.5 Å². The number of halogens is 1. The molecule has 7 heteroatoms. The Bertz CT molecular complexity index is 882. The molecule has 0 amide bonds. The number of benzene rings is 1. The number of nitrogens with zero attached hydrogens (tertiary/aromatic N) is 5. The first kappa shape index (κ1) is 14.8. The first-order valence-corrected chi connectivity index (χ1v) is 8.74. The van der Waals surface area contributed by atoms with Crippen LogP contribution in [0.3, 0.4) is 0 Å². The van der Waals surface area contributed by atoms with Crippen molar-refractivity contribution in [2.75, 3.05) is 13.1 Å². The third-order valence-corrected chi connectivity index (χ3v) is 5.41. The van der Waals surface area contributed by atoms with E-state index in [-0.39, 0.29) is 0 Å². The van der Waals surface area contributed by atoms with Crippen molar-refractivity contribution in [3.05, 3.63) is 51.8 Å². The van der Waals surface area contributed by atoms with E-state index >= 15 is 0 Å². The molecule has 4 rings (SSSR count). The van der Waals surface area contributed by atoms with Crippen LogP contribution in [0.1, 0.15) is 22.8 Å². The van der Waals surface area contributed by atoms with E-state index in [0.29, 0.717) is 0 Å². The van der Waals surface area contributed by atoms with E-state index in [9.17, 15) is 0 Å². The molecule has 1 aliphatic rings. The van der Waals surface area contributed by atoms with Crippen LogP contribution in [0.4, 0.5) is 0 Å². The lowest BCUT2D eigenvalue weighted by atomic mass is 10.1. The molecule has 1 aliphatic heterocycles. The Hall–Kier alpha value is -1.76. The molecule has 0 spiro atoms. The van der Waals surface area contributed by atoms with Crippen LogP contribution in [-0.4, -0.2) is 37.8 Å². The Kier molecular flexibility index (Phi) is 3.88. The Morgan fingerprint density at radius 3 is 2.87 bits per heavy atom. The molecule has 0 unspecified atom stereocenters. The number of aromatic nitrogens is 4. The van der Waals surface area contributed by atoms with Gasteiger partial charge >= 0.3 is 0 Å². The summed E-state index contributed by atoms with van der Waals surface area (Å²) in [6.07, 6.45) is 3.26. The monoisotopic (exact) mass is 345 g/mol. The second-order valence-electron chi connectivity index (χ2n) is 5.65. The molecule has 0 aliphatic carbocycles. The van der Waals surface area contributed by atoms with E-state index in [1.807, 2.05) is 29.6 Å². The summed E-state index contributed by atoms with van der Waals surface area (Å²) in [6.45, 7) is 4.73. The molecular weight excluding hydrogens is 330 g/mol. The molecule has 3 heterocycles. The van der Waals surface area contributed by atoms with Gasteiger partial charge in [0.25, 0.3) is 0 Å². The number of rotatable bonds is 3. The van der Waals surface area contributed by atoms with E-state index in [1.165, 1.54) is 11.1 Å². The summed E-state index contributed by atoms with van der Waals surface area (Å²) in [7, 11) is 0. The molecule has 3 aromatic rings. The van der Waals surface area contributed by atoms with Gasteiger partial charge < -0.3 is 0 Å². The molecule has 23 heavy (non-hydrogen) atoms. The predicted octanol–water partition coefficient (Wildman–Crippen LogP) is 3.44. The zero-order valence-corrected chi connectivity index (χ0v) is 14.3. The Morgan fingerprint density at radius 1 is 1.26 bits per heavy atom. The second kappa shape index (κ2) is 6.03. The number of aryl methyl sites for hydroxylation is 1. The minimum Gasteiger partial charge on any atom is -0.295 e. The van der Waals surface area contributed by atoms with Crippen molar-refractivity contribution in [2.45, 2.75) is 19.9 Å². The topological polar surface area (TPSA) is 46.3 Å². The predicted molar refractivity (Wildman–Crippen MR) is 92.7 cm³/mol. The molecule has 5 nitrogen and oxygen atoms in total. The zero-order valence-electron chi connectivity index (χ0n) is 12.7. The molecule has 118 valence electrons. The standard InChI is InChI=1S/C16H16ClN5S/c1-11-18-19-16-22(11)20-15(23-16)12-6-8-21(9-7-12)10-13-4-2-3-5-14(13)17/h2-6H,7-10H2,1H3. The van der Waals surface area contributed by atoms with E-state index < -0.39 is 0 Å². The smallest absolute Gasteiger partial charge is 0.234 e. The van der Waals surface area contributed by atoms with Crippen LogP contribution in [0.5, 0.6) is 0 Å². The average molecular weight is 346 g/mol. The van der Waals surface area contributed by atoms with E-state index in [4.69, 9.17) is 11.6 Å². The van der Waals surface area contributed by atoms with Gasteiger partial charge in [0.05, 0.1) is 0 Å². The summed E-state index contributed by atoms with van der Waals surface area (Å²) >= 11 is 7.85. The summed E-state index contributed by atoms with van der Waals surface area (Å²) in [5.41, 5.74) is 2.48. The van der Waals surface area contributed by atoms with Crippen molar-refractivity contribution >= 4 is 33.5 Å². The lowest BCUT2D eigenvalue weighted by Crippen LogP contribution is -2.28. The van der Waals surface area contributed by atoms with Crippen LogP contribution >= 0.6 is 22.9 Å². The number of fused-ring (bicyclic) bond motifs is 1. The molecule has 0 atom stereocenters. The van der Waals surface area contributed by atoms with Crippen molar-refractivity contribution < 1.29 is 0 Å². The van der Waals surface area contributed by atoms with Gasteiger partial charge in [-0.3, -0.25) is 4.90 Å². The fourth-order valence-corrected chi connectivity index (χ4v) is 3.91. The summed E-state index contributed by atoms with van der Waals surface area (Å²) in [6, 6.07) is 8.04. The van der Waals surface area contributed by atoms with E-state index in [1.54, 1.807) is 11.3 Å². The molecular formula is C16H16ClN5S. The van der Waals surface area contributed by atoms with Crippen molar-refractivity contribution in [3.8, 4) is 0 Å². The Morgan fingerprint density at radius 2 is 2.13 bits per heavy atom. The van der Waals surface area contributed by atoms with Gasteiger partial charge in [0.2, 0.25) is 4.96 Å². The fourth-order valence-electron chi connectivity index (χ4n) is 2.76. The van der Waals surface area contributed by atoms with Crippen molar-refractivity contribution in [1.29, 1.82) is 0 Å². The molecule has 0 saturated carbocycles.